The molecule has 1 unspecified atom stereocenters. The third kappa shape index (κ3) is 1.85. The van der Waals surface area contributed by atoms with Crippen molar-refractivity contribution in [3.63, 3.8) is 0 Å². The molecule has 2 heterocycles. The van der Waals surface area contributed by atoms with Crippen molar-refractivity contribution < 1.29 is 0 Å². The molecule has 0 aliphatic rings. The first-order valence-corrected chi connectivity index (χ1v) is 6.03. The summed E-state index contributed by atoms with van der Waals surface area (Å²) >= 11 is 1.43. The van der Waals surface area contributed by atoms with Crippen LogP contribution < -0.4 is 5.32 Å². The van der Waals surface area contributed by atoms with Gasteiger partial charge in [0.05, 0.1) is 22.3 Å². The molecule has 0 bridgehead atoms. The molecule has 1 N–H and O–H groups in total. The lowest BCUT2D eigenvalue weighted by atomic mass is 10.1. The van der Waals surface area contributed by atoms with Crippen LogP contribution in [0.15, 0.2) is 12.3 Å². The Morgan fingerprint density at radius 3 is 2.94 bits per heavy atom. The molecule has 2 aromatic heterocycles. The first-order chi connectivity index (χ1) is 7.77. The summed E-state index contributed by atoms with van der Waals surface area (Å²) in [6.45, 7) is 4.93. The van der Waals surface area contributed by atoms with Gasteiger partial charge in [-0.05, 0) is 38.5 Å². The van der Waals surface area contributed by atoms with Crippen LogP contribution in [-0.2, 0) is 6.54 Å². The second-order valence-corrected chi connectivity index (χ2v) is 4.30. The quantitative estimate of drug-likeness (QED) is 0.872. The molecular weight excluding hydrogens is 222 g/mol. The number of hydrogen-bond acceptors (Lipinski definition) is 5. The number of aryl methyl sites for hydroxylation is 2. The number of rotatable bonds is 4. The van der Waals surface area contributed by atoms with Gasteiger partial charge in [-0.3, -0.25) is 4.68 Å². The van der Waals surface area contributed by atoms with E-state index in [4.69, 9.17) is 0 Å². The van der Waals surface area contributed by atoms with E-state index >= 15 is 0 Å². The van der Waals surface area contributed by atoms with Crippen molar-refractivity contribution in [1.82, 2.24) is 24.7 Å². The Morgan fingerprint density at radius 2 is 2.38 bits per heavy atom. The lowest BCUT2D eigenvalue weighted by Gasteiger charge is -2.15. The number of nitrogens with zero attached hydrogens (tertiary/aromatic N) is 4. The van der Waals surface area contributed by atoms with Gasteiger partial charge in [0, 0.05) is 12.7 Å². The maximum atomic E-state index is 4.28. The van der Waals surface area contributed by atoms with Crippen LogP contribution >= 0.6 is 11.5 Å². The molecule has 0 fully saturated rings. The summed E-state index contributed by atoms with van der Waals surface area (Å²) in [6, 6.07) is 2.16. The minimum absolute atomic E-state index is 0.127. The topological polar surface area (TPSA) is 55.6 Å². The molecule has 0 amide bonds. The van der Waals surface area contributed by atoms with Crippen LogP contribution in [0.3, 0.4) is 0 Å². The highest BCUT2D eigenvalue weighted by atomic mass is 32.1. The summed E-state index contributed by atoms with van der Waals surface area (Å²) in [6.07, 6.45) is 1.83. The summed E-state index contributed by atoms with van der Waals surface area (Å²) in [5.41, 5.74) is 2.13. The minimum Gasteiger partial charge on any atom is -0.307 e. The molecular formula is C10H15N5S. The second-order valence-electron chi connectivity index (χ2n) is 3.52. The monoisotopic (exact) mass is 237 g/mol. The average Bonchev–Trinajstić information content (AvgIpc) is 2.90. The molecule has 1 atom stereocenters. The normalized spacial score (nSPS) is 12.9. The molecule has 0 aliphatic carbocycles. The van der Waals surface area contributed by atoms with Crippen LogP contribution in [0.25, 0.3) is 0 Å². The van der Waals surface area contributed by atoms with Crippen molar-refractivity contribution in [2.75, 3.05) is 7.05 Å². The van der Waals surface area contributed by atoms with Gasteiger partial charge in [0.1, 0.15) is 0 Å². The van der Waals surface area contributed by atoms with Crippen LogP contribution in [0.2, 0.25) is 0 Å². The fourth-order valence-electron chi connectivity index (χ4n) is 1.77. The van der Waals surface area contributed by atoms with Gasteiger partial charge < -0.3 is 5.32 Å². The van der Waals surface area contributed by atoms with Crippen molar-refractivity contribution in [2.24, 2.45) is 0 Å². The van der Waals surface area contributed by atoms with Crippen molar-refractivity contribution in [1.29, 1.82) is 0 Å². The molecule has 0 spiro atoms. The number of nitrogens with one attached hydrogen (secondary N) is 1. The lowest BCUT2D eigenvalue weighted by Crippen LogP contribution is -2.21. The molecule has 0 aromatic carbocycles. The smallest absolute Gasteiger partial charge is 0.0874 e. The van der Waals surface area contributed by atoms with Gasteiger partial charge in [0.2, 0.25) is 0 Å². The fourth-order valence-corrected chi connectivity index (χ4v) is 2.54. The molecule has 0 saturated carbocycles. The first-order valence-electron chi connectivity index (χ1n) is 5.25. The predicted octanol–water partition coefficient (Wildman–Crippen LogP) is 1.37. The summed E-state index contributed by atoms with van der Waals surface area (Å²) in [7, 11) is 1.94. The molecule has 0 saturated heterocycles. The summed E-state index contributed by atoms with van der Waals surface area (Å²) in [5, 5.41) is 11.6. The number of aromatic nitrogens is 4. The molecule has 0 aliphatic heterocycles. The van der Waals surface area contributed by atoms with E-state index in [2.05, 4.69) is 26.9 Å². The first kappa shape index (κ1) is 11.2. The SMILES string of the molecule is CCn1nccc1C(NC)c1snnc1C. The number of hydrogen-bond donors (Lipinski definition) is 1. The second kappa shape index (κ2) is 4.71. The third-order valence-electron chi connectivity index (χ3n) is 2.58. The predicted molar refractivity (Wildman–Crippen MR) is 63.4 cm³/mol. The third-order valence-corrected chi connectivity index (χ3v) is 3.47. The van der Waals surface area contributed by atoms with Crippen molar-refractivity contribution >= 4 is 11.5 Å². The van der Waals surface area contributed by atoms with Crippen LogP contribution in [0, 0.1) is 6.92 Å². The van der Waals surface area contributed by atoms with E-state index in [-0.39, 0.29) is 6.04 Å². The summed E-state index contributed by atoms with van der Waals surface area (Å²) in [5.74, 6) is 0. The van der Waals surface area contributed by atoms with Gasteiger partial charge in [0.15, 0.2) is 0 Å². The summed E-state index contributed by atoms with van der Waals surface area (Å²) in [4.78, 5) is 1.15. The van der Waals surface area contributed by atoms with E-state index in [1.54, 1.807) is 0 Å². The van der Waals surface area contributed by atoms with Gasteiger partial charge in [-0.25, -0.2) is 0 Å². The van der Waals surface area contributed by atoms with Gasteiger partial charge in [-0.1, -0.05) is 4.49 Å². The highest BCUT2D eigenvalue weighted by Gasteiger charge is 2.20. The Hall–Kier alpha value is -1.27. The maximum absolute atomic E-state index is 4.28. The van der Waals surface area contributed by atoms with E-state index in [1.807, 2.05) is 30.9 Å². The highest BCUT2D eigenvalue weighted by Crippen LogP contribution is 2.25. The Balaban J connectivity index is 2.40. The molecule has 86 valence electrons. The molecule has 6 heteroatoms. The van der Waals surface area contributed by atoms with Crippen molar-refractivity contribution in [2.45, 2.75) is 26.4 Å². The minimum atomic E-state index is 0.127. The largest absolute Gasteiger partial charge is 0.307 e. The van der Waals surface area contributed by atoms with Crippen LogP contribution in [0.4, 0.5) is 0 Å². The molecule has 0 radical (unpaired) electrons. The highest BCUT2D eigenvalue weighted by molar-refractivity contribution is 7.05. The maximum Gasteiger partial charge on any atom is 0.0874 e. The van der Waals surface area contributed by atoms with E-state index < -0.39 is 0 Å². The van der Waals surface area contributed by atoms with Crippen LogP contribution in [-0.4, -0.2) is 26.4 Å². The molecule has 2 rings (SSSR count). The fraction of sp³-hybridized carbons (Fsp3) is 0.500. The van der Waals surface area contributed by atoms with E-state index in [0.29, 0.717) is 0 Å². The van der Waals surface area contributed by atoms with Gasteiger partial charge in [-0.2, -0.15) is 5.10 Å². The zero-order valence-electron chi connectivity index (χ0n) is 9.64. The molecule has 16 heavy (non-hydrogen) atoms. The van der Waals surface area contributed by atoms with Crippen molar-refractivity contribution in [3.8, 4) is 0 Å². The van der Waals surface area contributed by atoms with Gasteiger partial charge >= 0.3 is 0 Å². The van der Waals surface area contributed by atoms with Crippen molar-refractivity contribution in [3.05, 3.63) is 28.5 Å². The Labute approximate surface area is 98.7 Å². The van der Waals surface area contributed by atoms with Gasteiger partial charge in [0.25, 0.3) is 0 Å². The zero-order valence-corrected chi connectivity index (χ0v) is 10.5. The Bertz CT molecular complexity index is 461. The van der Waals surface area contributed by atoms with Crippen LogP contribution in [0.5, 0.6) is 0 Å². The zero-order chi connectivity index (χ0) is 11.5. The molecule has 2 aromatic rings. The summed E-state index contributed by atoms with van der Waals surface area (Å²) < 4.78 is 5.96. The van der Waals surface area contributed by atoms with Crippen LogP contribution in [0.1, 0.15) is 29.2 Å². The van der Waals surface area contributed by atoms with E-state index in [0.717, 1.165) is 22.8 Å². The molecule has 5 nitrogen and oxygen atoms in total. The Morgan fingerprint density at radius 1 is 1.56 bits per heavy atom. The Kier molecular flexibility index (Phi) is 3.31. The van der Waals surface area contributed by atoms with Gasteiger partial charge in [-0.15, -0.1) is 5.10 Å². The standard InChI is InChI=1S/C10H15N5S/c1-4-15-8(5-6-12-15)9(11-3)10-7(2)13-14-16-10/h5-6,9,11H,4H2,1-3H3. The van der Waals surface area contributed by atoms with E-state index in [9.17, 15) is 0 Å². The van der Waals surface area contributed by atoms with E-state index in [1.165, 1.54) is 11.5 Å². The average molecular weight is 237 g/mol. The lowest BCUT2D eigenvalue weighted by molar-refractivity contribution is 0.566.